The first kappa shape index (κ1) is 39.4. The quantitative estimate of drug-likeness (QED) is 0.0897. The minimum Gasteiger partial charge on any atom is -0.494 e. The fraction of sp³-hybridized carbons (Fsp3) is 0.295. The number of hydrogen-bond acceptors (Lipinski definition) is 9. The van der Waals surface area contributed by atoms with Crippen molar-refractivity contribution in [2.75, 3.05) is 14.2 Å². The van der Waals surface area contributed by atoms with Crippen LogP contribution in [0.1, 0.15) is 69.8 Å². The lowest BCUT2D eigenvalue weighted by molar-refractivity contribution is 0.134. The van der Waals surface area contributed by atoms with Gasteiger partial charge >= 0.3 is 6.09 Å². The number of nitrogens with zero attached hydrogens (tertiary/aromatic N) is 4. The largest absolute Gasteiger partial charge is 0.494 e. The smallest absolute Gasteiger partial charge is 0.408 e. The van der Waals surface area contributed by atoms with Crippen LogP contribution in [-0.2, 0) is 11.3 Å². The maximum atomic E-state index is 12.6. The highest BCUT2D eigenvalue weighted by molar-refractivity contribution is 5.89. The molecule has 0 fully saturated rings. The summed E-state index contributed by atoms with van der Waals surface area (Å²) in [6, 6.07) is 25.1. The first-order chi connectivity index (χ1) is 27.1. The number of aromatic nitrogens is 6. The topological polar surface area (TPSA) is 166 Å². The molecule has 290 valence electrons. The van der Waals surface area contributed by atoms with E-state index in [-0.39, 0.29) is 18.7 Å². The Bertz CT molecular complexity index is 2330. The minimum atomic E-state index is -0.477. The fourth-order valence-corrected chi connectivity index (χ4v) is 6.52. The number of ether oxygens (including phenoxy) is 3. The zero-order valence-corrected chi connectivity index (χ0v) is 32.7. The predicted molar refractivity (Wildman–Crippen MR) is 220 cm³/mol. The number of benzene rings is 3. The number of methoxy groups -OCH3 is 2. The molecule has 0 spiro atoms. The summed E-state index contributed by atoms with van der Waals surface area (Å²) in [5.41, 5.74) is 14.7. The molecule has 0 aliphatic heterocycles. The summed E-state index contributed by atoms with van der Waals surface area (Å²) in [5.74, 6) is 3.74. The van der Waals surface area contributed by atoms with Gasteiger partial charge in [0.25, 0.3) is 0 Å². The monoisotopic (exact) mass is 754 g/mol. The van der Waals surface area contributed by atoms with Crippen LogP contribution in [-0.4, -0.2) is 50.2 Å². The van der Waals surface area contributed by atoms with E-state index in [9.17, 15) is 4.79 Å². The molecule has 1 amide bonds. The van der Waals surface area contributed by atoms with Crippen molar-refractivity contribution >= 4 is 28.2 Å². The first-order valence-corrected chi connectivity index (χ1v) is 18.8. The third-order valence-corrected chi connectivity index (χ3v) is 9.23. The highest BCUT2D eigenvalue weighted by Gasteiger charge is 2.22. The molecular formula is C44H50N8O4. The summed E-state index contributed by atoms with van der Waals surface area (Å²) < 4.78 is 16.6. The predicted octanol–water partition coefficient (Wildman–Crippen LogP) is 9.33. The van der Waals surface area contributed by atoms with E-state index in [4.69, 9.17) is 24.9 Å². The number of alkyl carbamates (subject to hydrolysis) is 1. The van der Waals surface area contributed by atoms with Gasteiger partial charge in [0.05, 0.1) is 37.3 Å². The second kappa shape index (κ2) is 18.4. The molecule has 0 aliphatic carbocycles. The lowest BCUT2D eigenvalue weighted by atomic mass is 10.0. The van der Waals surface area contributed by atoms with Crippen LogP contribution < -0.4 is 20.5 Å². The summed E-state index contributed by atoms with van der Waals surface area (Å²) in [6.07, 6.45) is 8.20. The van der Waals surface area contributed by atoms with Crippen molar-refractivity contribution in [1.29, 1.82) is 0 Å². The number of pyridine rings is 2. The Hall–Kier alpha value is -6.27. The molecule has 0 unspecified atom stereocenters. The molecular weight excluding hydrogens is 705 g/mol. The zero-order chi connectivity index (χ0) is 39.6. The normalized spacial score (nSPS) is 12.3. The van der Waals surface area contributed by atoms with Crippen LogP contribution in [0, 0.1) is 11.8 Å². The number of fused-ring (bicyclic) bond motifs is 2. The molecule has 5 N–H and O–H groups in total. The van der Waals surface area contributed by atoms with Crippen molar-refractivity contribution in [3.8, 4) is 33.8 Å². The molecule has 56 heavy (non-hydrogen) atoms. The number of imidazole rings is 2. The Morgan fingerprint density at radius 1 is 0.679 bits per heavy atom. The van der Waals surface area contributed by atoms with E-state index >= 15 is 0 Å². The summed E-state index contributed by atoms with van der Waals surface area (Å²) in [7, 11) is 3.29. The number of amides is 1. The molecule has 0 aliphatic rings. The van der Waals surface area contributed by atoms with Gasteiger partial charge in [-0.2, -0.15) is 0 Å². The van der Waals surface area contributed by atoms with Gasteiger partial charge in [-0.25, -0.2) is 14.8 Å². The van der Waals surface area contributed by atoms with Crippen LogP contribution in [0.2, 0.25) is 0 Å². The average Bonchev–Trinajstić information content (AvgIpc) is 3.85. The standard InChI is InChI=1S/C26H28N4O3.C18H22N4O/c1-17(2)13-22(29-26(31)33-16-18-7-5-4-6-8-18)25-28-21-14-20(19-9-11-27-12-10-19)15-23(32-3)24(21)30-25;1-11(2)8-14(19)18-21-15-9-13(12-4-6-20-7-5-12)10-16(23-3)17(15)22-18/h4-12,14-15,17,22H,13,16H2,1-3H3,(H,28,30)(H,29,31);4-7,9-11,14H,8,19H2,1-3H3,(H,21,22)/t22-;14-/m11/s1. The molecule has 0 saturated carbocycles. The van der Waals surface area contributed by atoms with Gasteiger partial charge in [-0.15, -0.1) is 0 Å². The molecule has 7 rings (SSSR count). The highest BCUT2D eigenvalue weighted by Crippen LogP contribution is 2.34. The Labute approximate surface area is 327 Å². The Morgan fingerprint density at radius 3 is 1.68 bits per heavy atom. The zero-order valence-electron chi connectivity index (χ0n) is 32.7. The van der Waals surface area contributed by atoms with E-state index in [1.165, 1.54) is 0 Å². The Morgan fingerprint density at radius 2 is 1.18 bits per heavy atom. The summed E-state index contributed by atoms with van der Waals surface area (Å²) in [4.78, 5) is 36.9. The summed E-state index contributed by atoms with van der Waals surface area (Å²) in [5, 5.41) is 2.98. The SMILES string of the molecule is COc1cc(-c2ccncc2)cc2[nH]c([C@@H](CC(C)C)NC(=O)OCc3ccccc3)nc12.COc1cc(-c2ccncc2)cc2[nH]c([C@H](N)CC(C)C)nc12. The maximum Gasteiger partial charge on any atom is 0.408 e. The van der Waals surface area contributed by atoms with E-state index < -0.39 is 6.09 Å². The van der Waals surface area contributed by atoms with Crippen LogP contribution in [0.3, 0.4) is 0 Å². The number of aromatic amines is 2. The average molecular weight is 755 g/mol. The number of rotatable bonds is 13. The van der Waals surface area contributed by atoms with E-state index in [1.807, 2.05) is 72.8 Å². The van der Waals surface area contributed by atoms with Crippen LogP contribution in [0.5, 0.6) is 11.5 Å². The van der Waals surface area contributed by atoms with Gasteiger partial charge in [-0.05, 0) is 101 Å². The second-order valence-corrected chi connectivity index (χ2v) is 14.5. The van der Waals surface area contributed by atoms with Crippen molar-refractivity contribution < 1.29 is 19.0 Å². The van der Waals surface area contributed by atoms with Crippen molar-refractivity contribution in [2.24, 2.45) is 17.6 Å². The van der Waals surface area contributed by atoms with Crippen molar-refractivity contribution in [3.05, 3.63) is 121 Å². The van der Waals surface area contributed by atoms with Crippen molar-refractivity contribution in [1.82, 2.24) is 35.2 Å². The molecule has 12 nitrogen and oxygen atoms in total. The van der Waals surface area contributed by atoms with Crippen LogP contribution >= 0.6 is 0 Å². The van der Waals surface area contributed by atoms with E-state index in [0.717, 1.165) is 67.9 Å². The van der Waals surface area contributed by atoms with Crippen molar-refractivity contribution in [2.45, 2.75) is 59.2 Å². The molecule has 7 aromatic rings. The summed E-state index contributed by atoms with van der Waals surface area (Å²) >= 11 is 0. The maximum absolute atomic E-state index is 12.6. The van der Waals surface area contributed by atoms with Gasteiger partial charge in [0.1, 0.15) is 40.8 Å². The molecule has 4 aromatic heterocycles. The Kier molecular flexibility index (Phi) is 12.9. The number of H-pyrrole nitrogens is 2. The molecule has 0 radical (unpaired) electrons. The lowest BCUT2D eigenvalue weighted by Crippen LogP contribution is -2.30. The van der Waals surface area contributed by atoms with Crippen molar-refractivity contribution in [3.63, 3.8) is 0 Å². The van der Waals surface area contributed by atoms with Gasteiger partial charge in [0, 0.05) is 24.8 Å². The van der Waals surface area contributed by atoms with Crippen LogP contribution in [0.15, 0.2) is 104 Å². The minimum absolute atomic E-state index is 0.100. The molecule has 0 bridgehead atoms. The number of nitrogens with two attached hydrogens (primary N) is 1. The lowest BCUT2D eigenvalue weighted by Gasteiger charge is -2.18. The molecule has 0 saturated heterocycles. The highest BCUT2D eigenvalue weighted by atomic mass is 16.5. The Balaban J connectivity index is 0.000000202. The second-order valence-electron chi connectivity index (χ2n) is 14.5. The van der Waals surface area contributed by atoms with Gasteiger partial charge < -0.3 is 35.2 Å². The van der Waals surface area contributed by atoms with Gasteiger partial charge in [0.2, 0.25) is 0 Å². The van der Waals surface area contributed by atoms with E-state index in [1.54, 1.807) is 39.0 Å². The number of hydrogen-bond donors (Lipinski definition) is 4. The van der Waals surface area contributed by atoms with Crippen LogP contribution in [0.25, 0.3) is 44.3 Å². The van der Waals surface area contributed by atoms with Gasteiger partial charge in [0.15, 0.2) is 0 Å². The molecule has 2 atom stereocenters. The number of carbonyl (C=O) groups is 1. The molecule has 4 heterocycles. The van der Waals surface area contributed by atoms with Gasteiger partial charge in [-0.3, -0.25) is 9.97 Å². The fourth-order valence-electron chi connectivity index (χ4n) is 6.52. The summed E-state index contributed by atoms with van der Waals surface area (Å²) in [6.45, 7) is 8.74. The number of nitrogens with one attached hydrogen (secondary N) is 3. The third kappa shape index (κ3) is 9.88. The third-order valence-electron chi connectivity index (χ3n) is 9.23. The number of carbonyl (C=O) groups excluding carboxylic acids is 1. The van der Waals surface area contributed by atoms with E-state index in [0.29, 0.717) is 29.8 Å². The van der Waals surface area contributed by atoms with E-state index in [2.05, 4.69) is 64.0 Å². The molecule has 3 aromatic carbocycles. The van der Waals surface area contributed by atoms with Gasteiger partial charge in [-0.1, -0.05) is 58.0 Å². The first-order valence-electron chi connectivity index (χ1n) is 18.8. The molecule has 12 heteroatoms. The van der Waals surface area contributed by atoms with Crippen LogP contribution in [0.4, 0.5) is 4.79 Å².